The minimum atomic E-state index is -0.307. The first-order valence-electron chi connectivity index (χ1n) is 6.72. The van der Waals surface area contributed by atoms with Gasteiger partial charge in [0.1, 0.15) is 11.3 Å². The van der Waals surface area contributed by atoms with Crippen molar-refractivity contribution in [2.75, 3.05) is 33.1 Å². The summed E-state index contributed by atoms with van der Waals surface area (Å²) in [6.45, 7) is 0.442. The number of nitrogens with one attached hydrogen (secondary N) is 2. The van der Waals surface area contributed by atoms with Gasteiger partial charge in [0.2, 0.25) is 5.13 Å². The van der Waals surface area contributed by atoms with Crippen molar-refractivity contribution in [3.8, 4) is 5.75 Å². The maximum atomic E-state index is 11.9. The zero-order chi connectivity index (χ0) is 15.9. The molecule has 1 aromatic carbocycles. The molecule has 2 rings (SSSR count). The molecule has 1 aromatic heterocycles. The Hall–Kier alpha value is -2.19. The van der Waals surface area contributed by atoms with Gasteiger partial charge in [-0.1, -0.05) is 29.5 Å². The molecular formula is C14H19N5O2S. The van der Waals surface area contributed by atoms with Crippen LogP contribution in [0.3, 0.4) is 0 Å². The Morgan fingerprint density at radius 3 is 2.82 bits per heavy atom. The van der Waals surface area contributed by atoms with Crippen LogP contribution in [0.2, 0.25) is 0 Å². The van der Waals surface area contributed by atoms with Crippen molar-refractivity contribution in [2.45, 2.75) is 6.04 Å². The highest BCUT2D eigenvalue weighted by Gasteiger charge is 2.19. The zero-order valence-electron chi connectivity index (χ0n) is 12.7. The second-order valence-electron chi connectivity index (χ2n) is 4.80. The molecule has 0 unspecified atom stereocenters. The average molecular weight is 321 g/mol. The monoisotopic (exact) mass is 321 g/mol. The van der Waals surface area contributed by atoms with E-state index >= 15 is 0 Å². The SMILES string of the molecule is COc1ccccc1[C@H](CNC(=O)Nc1nncs1)N(C)C. The maximum Gasteiger partial charge on any atom is 0.321 e. The van der Waals surface area contributed by atoms with Gasteiger partial charge in [0.15, 0.2) is 0 Å². The van der Waals surface area contributed by atoms with Gasteiger partial charge in [0.25, 0.3) is 0 Å². The van der Waals surface area contributed by atoms with E-state index in [1.54, 1.807) is 12.6 Å². The van der Waals surface area contributed by atoms with Gasteiger partial charge in [-0.25, -0.2) is 4.79 Å². The number of ether oxygens (including phenoxy) is 1. The third kappa shape index (κ3) is 4.15. The lowest BCUT2D eigenvalue weighted by Gasteiger charge is -2.26. The molecule has 0 aliphatic heterocycles. The largest absolute Gasteiger partial charge is 0.496 e. The van der Waals surface area contributed by atoms with Gasteiger partial charge in [-0.05, 0) is 20.2 Å². The molecule has 7 nitrogen and oxygen atoms in total. The van der Waals surface area contributed by atoms with Crippen LogP contribution in [0, 0.1) is 0 Å². The van der Waals surface area contributed by atoms with E-state index in [1.807, 2.05) is 43.3 Å². The van der Waals surface area contributed by atoms with Gasteiger partial charge in [0.05, 0.1) is 13.2 Å². The highest BCUT2D eigenvalue weighted by atomic mass is 32.1. The van der Waals surface area contributed by atoms with Crippen LogP contribution in [-0.2, 0) is 0 Å². The number of urea groups is 1. The number of hydrogen-bond acceptors (Lipinski definition) is 6. The second kappa shape index (κ2) is 7.71. The lowest BCUT2D eigenvalue weighted by atomic mass is 10.0. The Labute approximate surface area is 133 Å². The fourth-order valence-electron chi connectivity index (χ4n) is 2.07. The van der Waals surface area contributed by atoms with Gasteiger partial charge >= 0.3 is 6.03 Å². The van der Waals surface area contributed by atoms with Crippen molar-refractivity contribution in [1.29, 1.82) is 0 Å². The average Bonchev–Trinajstić information content (AvgIpc) is 3.00. The number of amides is 2. The van der Waals surface area contributed by atoms with Gasteiger partial charge < -0.3 is 15.0 Å². The van der Waals surface area contributed by atoms with Crippen LogP contribution in [0.5, 0.6) is 5.75 Å². The minimum absolute atomic E-state index is 0.00341. The number of likely N-dealkylation sites (N-methyl/N-ethyl adjacent to an activating group) is 1. The summed E-state index contributed by atoms with van der Waals surface area (Å²) in [5, 5.41) is 13.4. The lowest BCUT2D eigenvalue weighted by molar-refractivity contribution is 0.242. The molecule has 8 heteroatoms. The summed E-state index contributed by atoms with van der Waals surface area (Å²) in [5.74, 6) is 0.799. The number of carbonyl (C=O) groups excluding carboxylic acids is 1. The van der Waals surface area contributed by atoms with Crippen molar-refractivity contribution in [3.63, 3.8) is 0 Å². The van der Waals surface area contributed by atoms with Gasteiger partial charge in [0, 0.05) is 12.1 Å². The summed E-state index contributed by atoms with van der Waals surface area (Å²) in [6.07, 6.45) is 0. The van der Waals surface area contributed by atoms with Crippen LogP contribution >= 0.6 is 11.3 Å². The molecule has 1 atom stereocenters. The van der Waals surface area contributed by atoms with Crippen molar-refractivity contribution < 1.29 is 9.53 Å². The van der Waals surface area contributed by atoms with Crippen LogP contribution in [0.4, 0.5) is 9.93 Å². The first-order chi connectivity index (χ1) is 10.6. The zero-order valence-corrected chi connectivity index (χ0v) is 13.6. The molecule has 118 valence electrons. The number of nitrogens with zero attached hydrogens (tertiary/aromatic N) is 3. The summed E-state index contributed by atoms with van der Waals surface area (Å²) in [5.41, 5.74) is 2.58. The number of carbonyl (C=O) groups is 1. The van der Waals surface area contributed by atoms with Crippen molar-refractivity contribution in [1.82, 2.24) is 20.4 Å². The first kappa shape index (κ1) is 16.2. The third-order valence-corrected chi connectivity index (χ3v) is 3.76. The number of hydrogen-bond donors (Lipinski definition) is 2. The van der Waals surface area contributed by atoms with E-state index in [1.165, 1.54) is 11.3 Å². The Bertz CT molecular complexity index is 603. The Morgan fingerprint density at radius 1 is 1.41 bits per heavy atom. The topological polar surface area (TPSA) is 79.4 Å². The second-order valence-corrected chi connectivity index (χ2v) is 5.63. The molecule has 2 N–H and O–H groups in total. The molecule has 0 saturated carbocycles. The molecule has 2 amide bonds. The molecule has 0 aliphatic rings. The van der Waals surface area contributed by atoms with E-state index < -0.39 is 0 Å². The molecule has 22 heavy (non-hydrogen) atoms. The van der Waals surface area contributed by atoms with Crippen molar-refractivity contribution in [3.05, 3.63) is 35.3 Å². The Kier molecular flexibility index (Phi) is 5.68. The number of benzene rings is 1. The van der Waals surface area contributed by atoms with Gasteiger partial charge in [-0.2, -0.15) is 0 Å². The Balaban J connectivity index is 2.01. The van der Waals surface area contributed by atoms with E-state index in [0.29, 0.717) is 11.7 Å². The molecule has 2 aromatic rings. The molecule has 0 fully saturated rings. The number of anilines is 1. The summed E-state index contributed by atoms with van der Waals surface area (Å²) in [6, 6.07) is 7.47. The van der Waals surface area contributed by atoms with Crippen LogP contribution in [0.15, 0.2) is 29.8 Å². The summed E-state index contributed by atoms with van der Waals surface area (Å²) in [4.78, 5) is 13.9. The molecule has 0 aliphatic carbocycles. The van der Waals surface area contributed by atoms with E-state index in [2.05, 4.69) is 20.8 Å². The van der Waals surface area contributed by atoms with Crippen LogP contribution in [-0.4, -0.2) is 48.9 Å². The fraction of sp³-hybridized carbons (Fsp3) is 0.357. The van der Waals surface area contributed by atoms with E-state index in [9.17, 15) is 4.79 Å². The quantitative estimate of drug-likeness (QED) is 0.850. The lowest BCUT2D eigenvalue weighted by Crippen LogP contribution is -2.37. The van der Waals surface area contributed by atoms with E-state index in [0.717, 1.165) is 11.3 Å². The van der Waals surface area contributed by atoms with E-state index in [4.69, 9.17) is 4.74 Å². The third-order valence-electron chi connectivity index (χ3n) is 3.16. The van der Waals surface area contributed by atoms with Crippen LogP contribution < -0.4 is 15.4 Å². The molecule has 0 saturated heterocycles. The molecule has 0 spiro atoms. The standard InChI is InChI=1S/C14H19N5O2S/c1-19(2)11(10-6-4-5-7-12(10)21-3)8-15-13(20)17-14-18-16-9-22-14/h4-7,9,11H,8H2,1-3H3,(H2,15,17,18,20)/t11-/m0/s1. The van der Waals surface area contributed by atoms with Gasteiger partial charge in [-0.15, -0.1) is 10.2 Å². The normalized spacial score (nSPS) is 12.0. The van der Waals surface area contributed by atoms with Crippen molar-refractivity contribution >= 4 is 22.5 Å². The number of rotatable bonds is 6. The van der Waals surface area contributed by atoms with Crippen LogP contribution in [0.1, 0.15) is 11.6 Å². The highest BCUT2D eigenvalue weighted by molar-refractivity contribution is 7.13. The van der Waals surface area contributed by atoms with Crippen molar-refractivity contribution in [2.24, 2.45) is 0 Å². The number of methoxy groups -OCH3 is 1. The minimum Gasteiger partial charge on any atom is -0.496 e. The predicted octanol–water partition coefficient (Wildman–Crippen LogP) is 1.97. The predicted molar refractivity (Wildman–Crippen MR) is 86.4 cm³/mol. The molecule has 1 heterocycles. The first-order valence-corrected chi connectivity index (χ1v) is 7.60. The maximum absolute atomic E-state index is 11.9. The van der Waals surface area contributed by atoms with Crippen LogP contribution in [0.25, 0.3) is 0 Å². The number of para-hydroxylation sites is 1. The summed E-state index contributed by atoms with van der Waals surface area (Å²) >= 11 is 1.27. The molecule has 0 radical (unpaired) electrons. The summed E-state index contributed by atoms with van der Waals surface area (Å²) in [7, 11) is 5.56. The molecular weight excluding hydrogens is 302 g/mol. The highest BCUT2D eigenvalue weighted by Crippen LogP contribution is 2.27. The smallest absolute Gasteiger partial charge is 0.321 e. The van der Waals surface area contributed by atoms with Gasteiger partial charge in [-0.3, -0.25) is 5.32 Å². The molecule has 0 bridgehead atoms. The Morgan fingerprint density at radius 2 is 2.18 bits per heavy atom. The fourth-order valence-corrected chi connectivity index (χ4v) is 2.51. The summed E-state index contributed by atoms with van der Waals surface area (Å²) < 4.78 is 5.40. The number of aromatic nitrogens is 2. The van der Waals surface area contributed by atoms with E-state index in [-0.39, 0.29) is 12.1 Å².